The topological polar surface area (TPSA) is 112 Å². The molecule has 9 nitrogen and oxygen atoms in total. The van der Waals surface area contributed by atoms with E-state index in [2.05, 4.69) is 10.4 Å². The van der Waals surface area contributed by atoms with E-state index in [0.29, 0.717) is 57.2 Å². The Balaban J connectivity index is 1.68. The first kappa shape index (κ1) is 24.7. The molecule has 2 aromatic heterocycles. The van der Waals surface area contributed by atoms with Gasteiger partial charge >= 0.3 is 0 Å². The molecule has 192 valence electrons. The number of hydrogen-bond donors (Lipinski definition) is 1. The molecule has 0 saturated carbocycles. The van der Waals surface area contributed by atoms with E-state index in [4.69, 9.17) is 14.5 Å². The third-order valence-corrected chi connectivity index (χ3v) is 8.17. The predicted octanol–water partition coefficient (Wildman–Crippen LogP) is 4.17. The quantitative estimate of drug-likeness (QED) is 0.403. The van der Waals surface area contributed by atoms with Crippen LogP contribution in [0.15, 0.2) is 48.5 Å². The zero-order chi connectivity index (χ0) is 26.3. The minimum absolute atomic E-state index is 0.0391. The lowest BCUT2D eigenvalue weighted by Crippen LogP contribution is -2.15. The van der Waals surface area contributed by atoms with Gasteiger partial charge in [-0.1, -0.05) is 0 Å². The molecule has 0 spiro atoms. The number of nitrogens with one attached hydrogen (secondary N) is 1. The fourth-order valence-electron chi connectivity index (χ4n) is 4.59. The molecule has 0 radical (unpaired) electrons. The van der Waals surface area contributed by atoms with Crippen molar-refractivity contribution in [3.05, 3.63) is 65.6 Å². The van der Waals surface area contributed by atoms with E-state index < -0.39 is 21.6 Å². The first-order valence-electron chi connectivity index (χ1n) is 11.6. The van der Waals surface area contributed by atoms with E-state index in [9.17, 15) is 17.6 Å². The normalized spacial score (nSPS) is 16.6. The average molecular weight is 525 g/mol. The summed E-state index contributed by atoms with van der Waals surface area (Å²) in [5, 5.41) is 7.94. The van der Waals surface area contributed by atoms with Crippen LogP contribution in [-0.2, 0) is 9.84 Å². The number of ether oxygens (including phenoxy) is 2. The largest absolute Gasteiger partial charge is 0.493 e. The molecule has 1 aliphatic rings. The summed E-state index contributed by atoms with van der Waals surface area (Å²) in [4.78, 5) is 18.3. The van der Waals surface area contributed by atoms with E-state index in [-0.39, 0.29) is 17.5 Å². The second-order valence-electron chi connectivity index (χ2n) is 8.87. The van der Waals surface area contributed by atoms with Crippen molar-refractivity contribution in [1.82, 2.24) is 14.8 Å². The van der Waals surface area contributed by atoms with Crippen molar-refractivity contribution in [2.24, 2.45) is 0 Å². The van der Waals surface area contributed by atoms with Crippen LogP contribution >= 0.6 is 0 Å². The minimum Gasteiger partial charge on any atom is -0.493 e. The highest BCUT2D eigenvalue weighted by atomic mass is 32.2. The van der Waals surface area contributed by atoms with E-state index in [1.807, 2.05) is 0 Å². The van der Waals surface area contributed by atoms with Gasteiger partial charge in [0.05, 0.1) is 54.1 Å². The highest BCUT2D eigenvalue weighted by Crippen LogP contribution is 2.35. The molecule has 2 aromatic carbocycles. The Morgan fingerprint density at radius 2 is 1.81 bits per heavy atom. The van der Waals surface area contributed by atoms with Crippen LogP contribution in [0.1, 0.15) is 28.5 Å². The van der Waals surface area contributed by atoms with Gasteiger partial charge in [0.15, 0.2) is 27.0 Å². The third-order valence-electron chi connectivity index (χ3n) is 6.42. The Morgan fingerprint density at radius 1 is 1.08 bits per heavy atom. The summed E-state index contributed by atoms with van der Waals surface area (Å²) in [5.74, 6) is 0.226. The second kappa shape index (κ2) is 9.47. The number of aromatic nitrogens is 3. The Bertz CT molecular complexity index is 1620. The van der Waals surface area contributed by atoms with Crippen molar-refractivity contribution in [2.45, 2.75) is 19.4 Å². The summed E-state index contributed by atoms with van der Waals surface area (Å²) in [5.41, 5.74) is 2.84. The number of benzene rings is 2. The summed E-state index contributed by atoms with van der Waals surface area (Å²) >= 11 is 0. The zero-order valence-corrected chi connectivity index (χ0v) is 21.3. The maximum Gasteiger partial charge on any atom is 0.256 e. The van der Waals surface area contributed by atoms with Crippen LogP contribution in [0.5, 0.6) is 11.5 Å². The molecule has 1 fully saturated rings. The van der Waals surface area contributed by atoms with Crippen LogP contribution in [0.2, 0.25) is 0 Å². The highest BCUT2D eigenvalue weighted by Gasteiger charge is 2.32. The number of rotatable bonds is 6. The monoisotopic (exact) mass is 524 g/mol. The molecule has 37 heavy (non-hydrogen) atoms. The Morgan fingerprint density at radius 3 is 2.46 bits per heavy atom. The molecule has 1 unspecified atom stereocenters. The summed E-state index contributed by atoms with van der Waals surface area (Å²) in [6.07, 6.45) is 0.415. The van der Waals surface area contributed by atoms with Crippen molar-refractivity contribution in [1.29, 1.82) is 0 Å². The summed E-state index contributed by atoms with van der Waals surface area (Å²) < 4.78 is 50.2. The molecule has 3 heterocycles. The van der Waals surface area contributed by atoms with Crippen LogP contribution in [-0.4, -0.2) is 54.8 Å². The molecule has 0 bridgehead atoms. The van der Waals surface area contributed by atoms with Crippen LogP contribution in [0, 0.1) is 12.7 Å². The lowest BCUT2D eigenvalue weighted by molar-refractivity contribution is 0.102. The highest BCUT2D eigenvalue weighted by molar-refractivity contribution is 7.91. The van der Waals surface area contributed by atoms with Crippen LogP contribution < -0.4 is 14.8 Å². The van der Waals surface area contributed by atoms with E-state index in [1.54, 1.807) is 35.9 Å². The molecule has 0 aliphatic carbocycles. The van der Waals surface area contributed by atoms with Gasteiger partial charge in [0.25, 0.3) is 5.91 Å². The third kappa shape index (κ3) is 4.74. The molecule has 1 N–H and O–H groups in total. The van der Waals surface area contributed by atoms with Crippen molar-refractivity contribution < 1.29 is 27.1 Å². The Kier molecular flexibility index (Phi) is 6.32. The van der Waals surface area contributed by atoms with Crippen molar-refractivity contribution in [3.8, 4) is 22.8 Å². The molecule has 4 aromatic rings. The molecule has 5 rings (SSSR count). The van der Waals surface area contributed by atoms with Gasteiger partial charge in [-0.15, -0.1) is 0 Å². The maximum absolute atomic E-state index is 13.5. The average Bonchev–Trinajstić information content (AvgIpc) is 3.42. The van der Waals surface area contributed by atoms with E-state index in [0.717, 1.165) is 0 Å². The van der Waals surface area contributed by atoms with Gasteiger partial charge in [-0.05, 0) is 61.9 Å². The number of nitrogens with zero attached hydrogens (tertiary/aromatic N) is 3. The van der Waals surface area contributed by atoms with Gasteiger partial charge < -0.3 is 14.8 Å². The van der Waals surface area contributed by atoms with Gasteiger partial charge in [-0.2, -0.15) is 5.10 Å². The fourth-order valence-corrected chi connectivity index (χ4v) is 6.28. The van der Waals surface area contributed by atoms with Crippen LogP contribution in [0.4, 0.5) is 10.1 Å². The summed E-state index contributed by atoms with van der Waals surface area (Å²) in [6, 6.07) is 12.0. The number of aryl methyl sites for hydroxylation is 1. The Labute approximate surface area is 213 Å². The summed E-state index contributed by atoms with van der Waals surface area (Å²) in [6.45, 7) is 1.76. The van der Waals surface area contributed by atoms with Crippen molar-refractivity contribution in [2.75, 3.05) is 31.0 Å². The lowest BCUT2D eigenvalue weighted by Gasteiger charge is -2.13. The lowest BCUT2D eigenvalue weighted by atomic mass is 10.0. The van der Waals surface area contributed by atoms with E-state index in [1.165, 1.54) is 38.5 Å². The first-order chi connectivity index (χ1) is 17.7. The number of hydrogen-bond acceptors (Lipinski definition) is 7. The van der Waals surface area contributed by atoms with Gasteiger partial charge in [-0.3, -0.25) is 4.79 Å². The smallest absolute Gasteiger partial charge is 0.256 e. The molecule has 1 aliphatic heterocycles. The van der Waals surface area contributed by atoms with Gasteiger partial charge in [0, 0.05) is 11.3 Å². The minimum atomic E-state index is -3.18. The van der Waals surface area contributed by atoms with Crippen molar-refractivity contribution >= 4 is 32.5 Å². The van der Waals surface area contributed by atoms with Crippen LogP contribution in [0.25, 0.3) is 22.3 Å². The number of amides is 1. The number of anilines is 1. The molecular formula is C26H25FN4O5S. The molecule has 11 heteroatoms. The zero-order valence-electron chi connectivity index (χ0n) is 20.5. The maximum atomic E-state index is 13.5. The predicted molar refractivity (Wildman–Crippen MR) is 137 cm³/mol. The number of carbonyl (C=O) groups is 1. The molecule has 1 atom stereocenters. The van der Waals surface area contributed by atoms with Gasteiger partial charge in [-0.25, -0.2) is 22.5 Å². The van der Waals surface area contributed by atoms with Crippen molar-refractivity contribution in [3.63, 3.8) is 0 Å². The molecular weight excluding hydrogens is 499 g/mol. The molecule has 1 amide bonds. The number of fused-ring (bicyclic) bond motifs is 1. The number of methoxy groups -OCH3 is 2. The van der Waals surface area contributed by atoms with E-state index >= 15 is 0 Å². The van der Waals surface area contributed by atoms with Gasteiger partial charge in [0.2, 0.25) is 0 Å². The second-order valence-corrected chi connectivity index (χ2v) is 11.1. The standard InChI is InChI=1S/C26H25FN4O5S/c1-15-24-20(26(32)28-18-7-5-17(27)6-8-18)13-21(16-4-9-22(35-2)23(12-16)36-3)29-25(24)31(30-15)19-10-11-37(33,34)14-19/h4-9,12-13,19H,10-11,14H2,1-3H3,(H,28,32). The first-order valence-corrected chi connectivity index (χ1v) is 13.4. The Hall–Kier alpha value is -3.99. The number of sulfone groups is 1. The number of pyridine rings is 1. The molecule has 1 saturated heterocycles. The fraction of sp³-hybridized carbons (Fsp3) is 0.269. The van der Waals surface area contributed by atoms with Gasteiger partial charge in [0.1, 0.15) is 5.82 Å². The number of carbonyl (C=O) groups excluding carboxylic acids is 1. The number of halogens is 1. The summed E-state index contributed by atoms with van der Waals surface area (Å²) in [7, 11) is -0.117. The van der Waals surface area contributed by atoms with Crippen LogP contribution in [0.3, 0.4) is 0 Å². The SMILES string of the molecule is COc1ccc(-c2cc(C(=O)Nc3ccc(F)cc3)c3c(C)nn(C4CCS(=O)(=O)C4)c3n2)cc1OC.